The Morgan fingerprint density at radius 1 is 1.11 bits per heavy atom. The van der Waals surface area contributed by atoms with Gasteiger partial charge in [-0.15, -0.1) is 10.2 Å². The number of alkyl halides is 3. The Balaban J connectivity index is 1.40. The SMILES string of the molecule is O=C(O)[C@@H]1CN(CCCCCn2nnc(-c3ccccc3)n2)C[C@H]1C(F)(F)F. The molecule has 28 heavy (non-hydrogen) atoms. The van der Waals surface area contributed by atoms with E-state index in [0.717, 1.165) is 18.4 Å². The number of aliphatic carboxylic acids is 1. The van der Waals surface area contributed by atoms with E-state index in [0.29, 0.717) is 25.3 Å². The van der Waals surface area contributed by atoms with Crippen LogP contribution in [-0.2, 0) is 11.3 Å². The van der Waals surface area contributed by atoms with Crippen molar-refractivity contribution >= 4 is 5.97 Å². The van der Waals surface area contributed by atoms with Gasteiger partial charge in [0.2, 0.25) is 5.82 Å². The number of aryl methyl sites for hydroxylation is 1. The van der Waals surface area contributed by atoms with Crippen molar-refractivity contribution in [2.75, 3.05) is 19.6 Å². The van der Waals surface area contributed by atoms with Gasteiger partial charge in [0.25, 0.3) is 0 Å². The highest BCUT2D eigenvalue weighted by Gasteiger charge is 2.52. The molecule has 1 N–H and O–H groups in total. The van der Waals surface area contributed by atoms with E-state index in [9.17, 15) is 18.0 Å². The molecule has 2 heterocycles. The number of carboxylic acids is 1. The van der Waals surface area contributed by atoms with Gasteiger partial charge in [-0.2, -0.15) is 18.0 Å². The lowest BCUT2D eigenvalue weighted by Crippen LogP contribution is -2.33. The summed E-state index contributed by atoms with van der Waals surface area (Å²) in [7, 11) is 0. The standard InChI is InChI=1S/C18H22F3N5O2/c19-18(20,21)15-12-25(11-14(15)17(27)28)9-5-2-6-10-26-23-16(22-24-26)13-7-3-1-4-8-13/h1,3-4,7-8,14-15H,2,5-6,9-12H2,(H,27,28)/t14-,15-/m1/s1. The topological polar surface area (TPSA) is 84.1 Å². The van der Waals surface area contributed by atoms with Crippen molar-refractivity contribution in [1.29, 1.82) is 0 Å². The molecule has 2 aromatic rings. The maximum Gasteiger partial charge on any atom is 0.393 e. The van der Waals surface area contributed by atoms with E-state index in [-0.39, 0.29) is 13.1 Å². The second-order valence-electron chi connectivity index (χ2n) is 6.99. The highest BCUT2D eigenvalue weighted by Crippen LogP contribution is 2.37. The van der Waals surface area contributed by atoms with Crippen LogP contribution >= 0.6 is 0 Å². The molecule has 1 aromatic carbocycles. The number of hydrogen-bond donors (Lipinski definition) is 1. The van der Waals surface area contributed by atoms with Gasteiger partial charge in [0.15, 0.2) is 0 Å². The summed E-state index contributed by atoms with van der Waals surface area (Å²) in [5, 5.41) is 21.4. The fourth-order valence-electron chi connectivity index (χ4n) is 3.46. The quantitative estimate of drug-likeness (QED) is 0.690. The molecule has 1 aliphatic heterocycles. The highest BCUT2D eigenvalue weighted by molar-refractivity contribution is 5.71. The Labute approximate surface area is 160 Å². The van der Waals surface area contributed by atoms with Crippen molar-refractivity contribution in [3.63, 3.8) is 0 Å². The zero-order chi connectivity index (χ0) is 20.1. The molecule has 7 nitrogen and oxygen atoms in total. The van der Waals surface area contributed by atoms with E-state index in [1.807, 2.05) is 30.3 Å². The Hall–Kier alpha value is -2.49. The smallest absolute Gasteiger partial charge is 0.393 e. The molecule has 1 aliphatic rings. The van der Waals surface area contributed by atoms with Crippen molar-refractivity contribution in [1.82, 2.24) is 25.1 Å². The van der Waals surface area contributed by atoms with Gasteiger partial charge in [-0.05, 0) is 24.6 Å². The monoisotopic (exact) mass is 397 g/mol. The minimum Gasteiger partial charge on any atom is -0.481 e. The number of hydrogen-bond acceptors (Lipinski definition) is 5. The number of likely N-dealkylation sites (tertiary alicyclic amines) is 1. The number of halogens is 3. The van der Waals surface area contributed by atoms with Gasteiger partial charge in [-0.1, -0.05) is 36.8 Å². The third-order valence-electron chi connectivity index (χ3n) is 4.95. The van der Waals surface area contributed by atoms with Crippen molar-refractivity contribution in [2.24, 2.45) is 11.8 Å². The lowest BCUT2D eigenvalue weighted by Gasteiger charge is -2.18. The minimum atomic E-state index is -4.48. The molecule has 0 aliphatic carbocycles. The van der Waals surface area contributed by atoms with E-state index in [4.69, 9.17) is 5.11 Å². The summed E-state index contributed by atoms with van der Waals surface area (Å²) < 4.78 is 39.0. The van der Waals surface area contributed by atoms with Gasteiger partial charge in [0.1, 0.15) is 0 Å². The van der Waals surface area contributed by atoms with E-state index < -0.39 is 24.0 Å². The molecule has 1 aromatic heterocycles. The largest absolute Gasteiger partial charge is 0.481 e. The molecule has 0 spiro atoms. The van der Waals surface area contributed by atoms with Crippen LogP contribution in [0.5, 0.6) is 0 Å². The lowest BCUT2D eigenvalue weighted by molar-refractivity contribution is -0.188. The number of carbonyl (C=O) groups is 1. The second kappa shape index (κ2) is 8.68. The molecule has 0 amide bonds. The normalized spacial score (nSPS) is 20.5. The van der Waals surface area contributed by atoms with Crippen LogP contribution in [-0.4, -0.2) is 62.0 Å². The number of aromatic nitrogens is 4. The molecule has 2 atom stereocenters. The first kappa shape index (κ1) is 20.2. The number of carboxylic acid groups (broad SMARTS) is 1. The van der Waals surface area contributed by atoms with Crippen LogP contribution in [0.3, 0.4) is 0 Å². The van der Waals surface area contributed by atoms with E-state index in [1.165, 1.54) is 4.80 Å². The fourth-order valence-corrected chi connectivity index (χ4v) is 3.46. The van der Waals surface area contributed by atoms with Crippen LogP contribution in [0.4, 0.5) is 13.2 Å². The Morgan fingerprint density at radius 3 is 2.46 bits per heavy atom. The Kier molecular flexibility index (Phi) is 6.28. The van der Waals surface area contributed by atoms with Gasteiger partial charge in [-0.25, -0.2) is 0 Å². The van der Waals surface area contributed by atoms with Gasteiger partial charge < -0.3 is 10.0 Å². The first-order valence-corrected chi connectivity index (χ1v) is 9.19. The predicted octanol–water partition coefficient (Wildman–Crippen LogP) is 2.71. The highest BCUT2D eigenvalue weighted by atomic mass is 19.4. The maximum atomic E-state index is 13.0. The van der Waals surface area contributed by atoms with Crippen LogP contribution in [0, 0.1) is 11.8 Å². The molecule has 1 saturated heterocycles. The first-order valence-electron chi connectivity index (χ1n) is 9.19. The summed E-state index contributed by atoms with van der Waals surface area (Å²) >= 11 is 0. The van der Waals surface area contributed by atoms with Crippen molar-refractivity contribution in [3.8, 4) is 11.4 Å². The summed E-state index contributed by atoms with van der Waals surface area (Å²) in [4.78, 5) is 14.2. The van der Waals surface area contributed by atoms with Gasteiger partial charge in [0, 0.05) is 18.7 Å². The third kappa shape index (κ3) is 5.06. The lowest BCUT2D eigenvalue weighted by atomic mass is 9.96. The summed E-state index contributed by atoms with van der Waals surface area (Å²) in [5.74, 6) is -4.00. The molecule has 152 valence electrons. The summed E-state index contributed by atoms with van der Waals surface area (Å²) in [6.07, 6.45) is -2.24. The molecular weight excluding hydrogens is 375 g/mol. The fraction of sp³-hybridized carbons (Fsp3) is 0.556. The van der Waals surface area contributed by atoms with Gasteiger partial charge in [-0.3, -0.25) is 4.79 Å². The van der Waals surface area contributed by atoms with Crippen molar-refractivity contribution in [2.45, 2.75) is 32.0 Å². The van der Waals surface area contributed by atoms with Crippen LogP contribution in [0.1, 0.15) is 19.3 Å². The molecule has 1 fully saturated rings. The van der Waals surface area contributed by atoms with Crippen LogP contribution in [0.2, 0.25) is 0 Å². The minimum absolute atomic E-state index is 0.0510. The zero-order valence-electron chi connectivity index (χ0n) is 15.2. The number of unbranched alkanes of at least 4 members (excludes halogenated alkanes) is 2. The van der Waals surface area contributed by atoms with E-state index >= 15 is 0 Å². The average molecular weight is 397 g/mol. The maximum absolute atomic E-state index is 13.0. The van der Waals surface area contributed by atoms with Crippen LogP contribution in [0.25, 0.3) is 11.4 Å². The van der Waals surface area contributed by atoms with Crippen molar-refractivity contribution < 1.29 is 23.1 Å². The Bertz CT molecular complexity index is 781. The molecular formula is C18H22F3N5O2. The van der Waals surface area contributed by atoms with Crippen molar-refractivity contribution in [3.05, 3.63) is 30.3 Å². The molecule has 3 rings (SSSR count). The van der Waals surface area contributed by atoms with E-state index in [1.54, 1.807) is 4.90 Å². The molecule has 0 saturated carbocycles. The van der Waals surface area contributed by atoms with Gasteiger partial charge in [0.05, 0.1) is 18.4 Å². The van der Waals surface area contributed by atoms with Crippen LogP contribution < -0.4 is 0 Å². The number of benzene rings is 1. The van der Waals surface area contributed by atoms with Crippen LogP contribution in [0.15, 0.2) is 30.3 Å². The zero-order valence-corrected chi connectivity index (χ0v) is 15.2. The third-order valence-corrected chi connectivity index (χ3v) is 4.95. The molecule has 10 heteroatoms. The second-order valence-corrected chi connectivity index (χ2v) is 6.99. The summed E-state index contributed by atoms with van der Waals surface area (Å²) in [6, 6.07) is 9.50. The molecule has 0 bridgehead atoms. The Morgan fingerprint density at radius 2 is 1.82 bits per heavy atom. The predicted molar refractivity (Wildman–Crippen MR) is 94.2 cm³/mol. The number of tetrazole rings is 1. The molecule has 0 radical (unpaired) electrons. The summed E-state index contributed by atoms with van der Waals surface area (Å²) in [5.41, 5.74) is 0.884. The first-order chi connectivity index (χ1) is 13.3. The van der Waals surface area contributed by atoms with E-state index in [2.05, 4.69) is 15.4 Å². The average Bonchev–Trinajstić information content (AvgIpc) is 3.29. The molecule has 0 unspecified atom stereocenters. The summed E-state index contributed by atoms with van der Waals surface area (Å²) in [6.45, 7) is 0.731. The number of nitrogens with zero attached hydrogens (tertiary/aromatic N) is 5. The number of rotatable bonds is 8. The van der Waals surface area contributed by atoms with Gasteiger partial charge >= 0.3 is 12.1 Å².